The largest absolute Gasteiger partial charge is 0.444 e. The van der Waals surface area contributed by atoms with Gasteiger partial charge in [-0.3, -0.25) is 4.79 Å². The molecule has 1 aliphatic heterocycles. The molecule has 1 heterocycles. The Kier molecular flexibility index (Phi) is 6.24. The Morgan fingerprint density at radius 3 is 2.33 bits per heavy atom. The number of carbonyl (C=O) groups is 2. The van der Waals surface area contributed by atoms with Gasteiger partial charge in [-0.05, 0) is 39.5 Å². The second-order valence-electron chi connectivity index (χ2n) is 7.56. The summed E-state index contributed by atoms with van der Waals surface area (Å²) in [7, 11) is 0. The maximum Gasteiger partial charge on any atom is 0.410 e. The summed E-state index contributed by atoms with van der Waals surface area (Å²) in [6.45, 7) is 12.0. The Labute approximate surface area is 129 Å². The number of amides is 1. The monoisotopic (exact) mass is 297 g/mol. The molecule has 0 bridgehead atoms. The van der Waals surface area contributed by atoms with E-state index in [9.17, 15) is 9.59 Å². The van der Waals surface area contributed by atoms with E-state index in [0.717, 1.165) is 19.3 Å². The van der Waals surface area contributed by atoms with E-state index < -0.39 is 5.60 Å². The zero-order chi connectivity index (χ0) is 16.2. The molecule has 4 heteroatoms. The number of hydrogen-bond acceptors (Lipinski definition) is 3. The molecule has 21 heavy (non-hydrogen) atoms. The van der Waals surface area contributed by atoms with Gasteiger partial charge in [-0.2, -0.15) is 0 Å². The maximum atomic E-state index is 12.6. The van der Waals surface area contributed by atoms with Crippen LogP contribution in [0.25, 0.3) is 0 Å². The molecule has 1 saturated heterocycles. The normalized spacial score (nSPS) is 23.6. The summed E-state index contributed by atoms with van der Waals surface area (Å²) < 4.78 is 5.58. The highest BCUT2D eigenvalue weighted by Crippen LogP contribution is 2.29. The van der Waals surface area contributed by atoms with Gasteiger partial charge >= 0.3 is 6.09 Å². The molecule has 0 saturated carbocycles. The number of piperidine rings is 1. The van der Waals surface area contributed by atoms with Crippen molar-refractivity contribution in [1.82, 2.24) is 4.90 Å². The van der Waals surface area contributed by atoms with Gasteiger partial charge in [0.1, 0.15) is 11.4 Å². The van der Waals surface area contributed by atoms with Crippen LogP contribution in [0.3, 0.4) is 0 Å². The number of Topliss-reactive ketones (excluding diaryl/α,β-unsaturated/α-hetero) is 1. The second kappa shape index (κ2) is 7.28. The van der Waals surface area contributed by atoms with Crippen LogP contribution < -0.4 is 0 Å². The van der Waals surface area contributed by atoms with E-state index in [1.807, 2.05) is 25.7 Å². The number of rotatable bonds is 4. The van der Waals surface area contributed by atoms with Crippen LogP contribution in [0.1, 0.15) is 73.6 Å². The lowest BCUT2D eigenvalue weighted by Gasteiger charge is -2.42. The van der Waals surface area contributed by atoms with E-state index in [4.69, 9.17) is 4.74 Å². The zero-order valence-electron chi connectivity index (χ0n) is 14.4. The molecule has 0 radical (unpaired) electrons. The number of ketones is 1. The van der Waals surface area contributed by atoms with Crippen LogP contribution in [0.2, 0.25) is 0 Å². The third-order valence-corrected chi connectivity index (χ3v) is 3.68. The minimum atomic E-state index is -0.502. The lowest BCUT2D eigenvalue weighted by Crippen LogP contribution is -2.54. The van der Waals surface area contributed by atoms with E-state index in [2.05, 4.69) is 20.8 Å². The summed E-state index contributed by atoms with van der Waals surface area (Å²) in [4.78, 5) is 26.5. The van der Waals surface area contributed by atoms with Crippen LogP contribution >= 0.6 is 0 Å². The summed E-state index contributed by atoms with van der Waals surface area (Å²) in [6, 6.07) is -0.0208. The Morgan fingerprint density at radius 2 is 1.86 bits per heavy atom. The van der Waals surface area contributed by atoms with Crippen molar-refractivity contribution in [1.29, 1.82) is 0 Å². The highest BCUT2D eigenvalue weighted by atomic mass is 16.6. The molecule has 0 N–H and O–H groups in total. The molecule has 0 spiro atoms. The first-order valence-corrected chi connectivity index (χ1v) is 8.17. The molecule has 1 amide bonds. The molecule has 1 fully saturated rings. The van der Waals surface area contributed by atoms with Crippen molar-refractivity contribution in [3.63, 3.8) is 0 Å². The standard InChI is InChI=1S/C17H31NO3/c1-7-8-13-10-15(19)11-14(9-12(2)3)18(13)16(20)21-17(4,5)6/h12-14H,7-11H2,1-6H3/t13-,14+/m1/s1. The zero-order valence-corrected chi connectivity index (χ0v) is 14.4. The van der Waals surface area contributed by atoms with Crippen LogP contribution in [0, 0.1) is 5.92 Å². The van der Waals surface area contributed by atoms with E-state index in [0.29, 0.717) is 18.8 Å². The first kappa shape index (κ1) is 18.0. The minimum absolute atomic E-state index is 0.00477. The van der Waals surface area contributed by atoms with Crippen molar-refractivity contribution >= 4 is 11.9 Å². The number of hydrogen-bond donors (Lipinski definition) is 0. The molecular weight excluding hydrogens is 266 g/mol. The Balaban J connectivity index is 2.95. The Morgan fingerprint density at radius 1 is 1.29 bits per heavy atom. The smallest absolute Gasteiger partial charge is 0.410 e. The van der Waals surface area contributed by atoms with Crippen molar-refractivity contribution < 1.29 is 14.3 Å². The van der Waals surface area contributed by atoms with Crippen LogP contribution in [-0.2, 0) is 9.53 Å². The average Bonchev–Trinajstić information content (AvgIpc) is 2.24. The molecule has 122 valence electrons. The molecule has 0 aromatic heterocycles. The summed E-state index contributed by atoms with van der Waals surface area (Å²) in [5.74, 6) is 0.729. The maximum absolute atomic E-state index is 12.6. The van der Waals surface area contributed by atoms with Crippen LogP contribution in [0.5, 0.6) is 0 Å². The van der Waals surface area contributed by atoms with E-state index in [1.54, 1.807) is 0 Å². The predicted molar refractivity (Wildman–Crippen MR) is 84.3 cm³/mol. The fourth-order valence-electron chi connectivity index (χ4n) is 3.03. The SMILES string of the molecule is CCC[C@@H]1CC(=O)C[C@H](CC(C)C)N1C(=O)OC(C)(C)C. The number of nitrogens with zero attached hydrogens (tertiary/aromatic N) is 1. The summed E-state index contributed by atoms with van der Waals surface area (Å²) in [5, 5.41) is 0. The lowest BCUT2D eigenvalue weighted by molar-refractivity contribution is -0.125. The molecule has 1 rings (SSSR count). The quantitative estimate of drug-likeness (QED) is 0.782. The van der Waals surface area contributed by atoms with Gasteiger partial charge in [0, 0.05) is 24.9 Å². The first-order chi connectivity index (χ1) is 9.64. The Hall–Kier alpha value is -1.06. The van der Waals surface area contributed by atoms with Crippen LogP contribution in [-0.4, -0.2) is 34.5 Å². The van der Waals surface area contributed by atoms with E-state index in [1.165, 1.54) is 0 Å². The van der Waals surface area contributed by atoms with Gasteiger partial charge in [0.05, 0.1) is 0 Å². The summed E-state index contributed by atoms with van der Waals surface area (Å²) >= 11 is 0. The molecule has 4 nitrogen and oxygen atoms in total. The molecule has 1 aliphatic rings. The van der Waals surface area contributed by atoms with Crippen molar-refractivity contribution in [2.45, 2.75) is 91.3 Å². The van der Waals surface area contributed by atoms with Crippen LogP contribution in [0.15, 0.2) is 0 Å². The van der Waals surface area contributed by atoms with Gasteiger partial charge in [-0.1, -0.05) is 27.2 Å². The number of ether oxygens (including phenoxy) is 1. The molecule has 0 aliphatic carbocycles. The van der Waals surface area contributed by atoms with Crippen molar-refractivity contribution in [2.75, 3.05) is 0 Å². The van der Waals surface area contributed by atoms with Gasteiger partial charge in [0.15, 0.2) is 0 Å². The summed E-state index contributed by atoms with van der Waals surface area (Å²) in [6.07, 6.45) is 3.36. The second-order valence-corrected chi connectivity index (χ2v) is 7.56. The highest BCUT2D eigenvalue weighted by Gasteiger charge is 2.39. The number of likely N-dealkylation sites (tertiary alicyclic amines) is 1. The van der Waals surface area contributed by atoms with Gasteiger partial charge in [-0.25, -0.2) is 4.79 Å². The van der Waals surface area contributed by atoms with Gasteiger partial charge in [0.25, 0.3) is 0 Å². The fraction of sp³-hybridized carbons (Fsp3) is 0.882. The topological polar surface area (TPSA) is 46.6 Å². The first-order valence-electron chi connectivity index (χ1n) is 8.17. The lowest BCUT2D eigenvalue weighted by atomic mass is 9.88. The van der Waals surface area contributed by atoms with Gasteiger partial charge in [0.2, 0.25) is 0 Å². The highest BCUT2D eigenvalue weighted by molar-refractivity contribution is 5.83. The summed E-state index contributed by atoms with van der Waals surface area (Å²) in [5.41, 5.74) is -0.502. The van der Waals surface area contributed by atoms with Crippen molar-refractivity contribution in [3.05, 3.63) is 0 Å². The molecular formula is C17H31NO3. The van der Waals surface area contributed by atoms with Gasteiger partial charge < -0.3 is 9.64 Å². The fourth-order valence-corrected chi connectivity index (χ4v) is 3.03. The molecule has 2 atom stereocenters. The van der Waals surface area contributed by atoms with E-state index in [-0.39, 0.29) is 24.0 Å². The van der Waals surface area contributed by atoms with Crippen LogP contribution in [0.4, 0.5) is 4.79 Å². The van der Waals surface area contributed by atoms with E-state index >= 15 is 0 Å². The third kappa shape index (κ3) is 5.68. The third-order valence-electron chi connectivity index (χ3n) is 3.68. The van der Waals surface area contributed by atoms with Gasteiger partial charge in [-0.15, -0.1) is 0 Å². The van der Waals surface area contributed by atoms with Crippen molar-refractivity contribution in [3.8, 4) is 0 Å². The molecule has 0 unspecified atom stereocenters. The molecule has 0 aromatic carbocycles. The minimum Gasteiger partial charge on any atom is -0.444 e. The average molecular weight is 297 g/mol. The van der Waals surface area contributed by atoms with Crippen molar-refractivity contribution in [2.24, 2.45) is 5.92 Å². The number of carbonyl (C=O) groups excluding carboxylic acids is 2. The molecule has 0 aromatic rings. The predicted octanol–water partition coefficient (Wildman–Crippen LogP) is 4.17. The Bertz CT molecular complexity index is 371.